The van der Waals surface area contributed by atoms with Crippen molar-refractivity contribution in [2.24, 2.45) is 0 Å². The van der Waals surface area contributed by atoms with E-state index in [-0.39, 0.29) is 5.88 Å². The average molecular weight is 236 g/mol. The molecular formula is C11H17BN2O3. The number of aromatic nitrogens is 2. The summed E-state index contributed by atoms with van der Waals surface area (Å²) in [7, 11) is -1.59. The predicted octanol–water partition coefficient (Wildman–Crippen LogP) is 0.211. The molecule has 6 heteroatoms. The van der Waals surface area contributed by atoms with Crippen molar-refractivity contribution in [1.82, 2.24) is 9.97 Å². The first kappa shape index (κ1) is 12.3. The average Bonchev–Trinajstić information content (AvgIpc) is 2.96. The van der Waals surface area contributed by atoms with Crippen LogP contribution in [0.15, 0.2) is 6.33 Å². The number of rotatable bonds is 3. The molecule has 17 heavy (non-hydrogen) atoms. The maximum atomic E-state index is 9.45. The van der Waals surface area contributed by atoms with Gasteiger partial charge in [-0.05, 0) is 33.6 Å². The highest BCUT2D eigenvalue weighted by Crippen LogP contribution is 2.38. The summed E-state index contributed by atoms with van der Waals surface area (Å²) in [5, 5.41) is 18.9. The predicted molar refractivity (Wildman–Crippen MR) is 64.2 cm³/mol. The largest absolute Gasteiger partial charge is 0.495 e. The van der Waals surface area contributed by atoms with Crippen molar-refractivity contribution in [3.8, 4) is 5.88 Å². The molecule has 1 aromatic heterocycles. The monoisotopic (exact) mass is 236 g/mol. The third kappa shape index (κ3) is 2.95. The Kier molecular flexibility index (Phi) is 3.10. The lowest BCUT2D eigenvalue weighted by molar-refractivity contribution is 0.125. The fourth-order valence-electron chi connectivity index (χ4n) is 1.69. The Labute approximate surface area is 101 Å². The van der Waals surface area contributed by atoms with Gasteiger partial charge in [-0.2, -0.15) is 0 Å². The Balaban J connectivity index is 2.40. The standard InChI is InChI=1S/C11H17BN2O3/c1-11(2,3)17-10-8(12(15)16)9(7-4-5-7)13-6-14-10/h6-7,15-16H,4-5H2,1-3H3. The second kappa shape index (κ2) is 4.27. The van der Waals surface area contributed by atoms with Crippen molar-refractivity contribution in [2.75, 3.05) is 0 Å². The first-order valence-corrected chi connectivity index (χ1v) is 5.78. The Hall–Kier alpha value is -1.14. The van der Waals surface area contributed by atoms with Gasteiger partial charge in [0.2, 0.25) is 5.88 Å². The number of ether oxygens (including phenoxy) is 1. The van der Waals surface area contributed by atoms with Crippen LogP contribution in [0.1, 0.15) is 45.2 Å². The number of nitrogens with zero attached hydrogens (tertiary/aromatic N) is 2. The Morgan fingerprint density at radius 2 is 1.94 bits per heavy atom. The van der Waals surface area contributed by atoms with Gasteiger partial charge in [0.1, 0.15) is 11.9 Å². The molecule has 0 aromatic carbocycles. The molecule has 0 radical (unpaired) electrons. The van der Waals surface area contributed by atoms with E-state index in [0.29, 0.717) is 17.1 Å². The van der Waals surface area contributed by atoms with Crippen LogP contribution in [0.25, 0.3) is 0 Å². The molecule has 0 unspecified atom stereocenters. The van der Waals surface area contributed by atoms with Crippen LogP contribution in [0.5, 0.6) is 5.88 Å². The van der Waals surface area contributed by atoms with E-state index in [1.54, 1.807) is 0 Å². The summed E-state index contributed by atoms with van der Waals surface area (Å²) < 4.78 is 5.64. The maximum Gasteiger partial charge on any atom is 0.495 e. The van der Waals surface area contributed by atoms with Gasteiger partial charge >= 0.3 is 7.12 Å². The van der Waals surface area contributed by atoms with Gasteiger partial charge in [-0.3, -0.25) is 0 Å². The van der Waals surface area contributed by atoms with Crippen molar-refractivity contribution in [3.63, 3.8) is 0 Å². The summed E-state index contributed by atoms with van der Waals surface area (Å²) >= 11 is 0. The molecule has 1 heterocycles. The maximum absolute atomic E-state index is 9.45. The molecule has 1 aliphatic carbocycles. The quantitative estimate of drug-likeness (QED) is 0.734. The van der Waals surface area contributed by atoms with Crippen LogP contribution < -0.4 is 10.2 Å². The highest BCUT2D eigenvalue weighted by molar-refractivity contribution is 6.60. The zero-order chi connectivity index (χ0) is 12.6. The van der Waals surface area contributed by atoms with Gasteiger partial charge in [-0.15, -0.1) is 0 Å². The van der Waals surface area contributed by atoms with Crippen LogP contribution in [0.2, 0.25) is 0 Å². The molecule has 0 spiro atoms. The molecule has 0 saturated heterocycles. The van der Waals surface area contributed by atoms with Crippen molar-refractivity contribution >= 4 is 12.6 Å². The van der Waals surface area contributed by atoms with Crippen molar-refractivity contribution in [1.29, 1.82) is 0 Å². The minimum atomic E-state index is -1.59. The molecule has 5 nitrogen and oxygen atoms in total. The first-order valence-electron chi connectivity index (χ1n) is 5.78. The zero-order valence-corrected chi connectivity index (χ0v) is 10.3. The van der Waals surface area contributed by atoms with Gasteiger partial charge in [0.05, 0.1) is 11.2 Å². The molecule has 2 rings (SSSR count). The van der Waals surface area contributed by atoms with E-state index in [2.05, 4.69) is 9.97 Å². The molecule has 0 amide bonds. The molecule has 1 fully saturated rings. The molecule has 92 valence electrons. The second-order valence-corrected chi connectivity index (χ2v) is 5.34. The molecular weight excluding hydrogens is 219 g/mol. The van der Waals surface area contributed by atoms with Gasteiger partial charge in [-0.1, -0.05) is 0 Å². The first-order chi connectivity index (χ1) is 7.88. The summed E-state index contributed by atoms with van der Waals surface area (Å²) in [5.74, 6) is 0.585. The van der Waals surface area contributed by atoms with Crippen molar-refractivity contribution in [2.45, 2.75) is 45.1 Å². The summed E-state index contributed by atoms with van der Waals surface area (Å²) in [6.45, 7) is 5.67. The Morgan fingerprint density at radius 3 is 2.41 bits per heavy atom. The van der Waals surface area contributed by atoms with Gasteiger partial charge in [0.25, 0.3) is 0 Å². The van der Waals surface area contributed by atoms with Crippen molar-refractivity contribution in [3.05, 3.63) is 12.0 Å². The van der Waals surface area contributed by atoms with Gasteiger partial charge in [-0.25, -0.2) is 9.97 Å². The second-order valence-electron chi connectivity index (χ2n) is 5.34. The summed E-state index contributed by atoms with van der Waals surface area (Å²) in [6.07, 6.45) is 3.48. The highest BCUT2D eigenvalue weighted by atomic mass is 16.5. The van der Waals surface area contributed by atoms with E-state index >= 15 is 0 Å². The molecule has 2 N–H and O–H groups in total. The minimum Gasteiger partial charge on any atom is -0.472 e. The van der Waals surface area contributed by atoms with E-state index in [1.165, 1.54) is 6.33 Å². The van der Waals surface area contributed by atoms with Gasteiger partial charge in [0, 0.05) is 5.92 Å². The lowest BCUT2D eigenvalue weighted by atomic mass is 9.78. The zero-order valence-electron chi connectivity index (χ0n) is 10.3. The van der Waals surface area contributed by atoms with Crippen LogP contribution in [-0.2, 0) is 0 Å². The van der Waals surface area contributed by atoms with E-state index < -0.39 is 12.7 Å². The molecule has 0 bridgehead atoms. The van der Waals surface area contributed by atoms with Crippen LogP contribution in [0.4, 0.5) is 0 Å². The van der Waals surface area contributed by atoms with E-state index in [4.69, 9.17) is 4.74 Å². The third-order valence-corrected chi connectivity index (χ3v) is 2.50. The van der Waals surface area contributed by atoms with E-state index in [1.807, 2.05) is 20.8 Å². The minimum absolute atomic E-state index is 0.268. The van der Waals surface area contributed by atoms with Crippen molar-refractivity contribution < 1.29 is 14.8 Å². The summed E-state index contributed by atoms with van der Waals surface area (Å²) in [4.78, 5) is 8.14. The summed E-state index contributed by atoms with van der Waals surface area (Å²) in [6, 6.07) is 0. The Bertz CT molecular complexity index is 414. The molecule has 0 atom stereocenters. The topological polar surface area (TPSA) is 75.5 Å². The molecule has 1 saturated carbocycles. The number of hydrogen-bond donors (Lipinski definition) is 2. The normalized spacial score (nSPS) is 15.8. The Morgan fingerprint density at radius 1 is 1.29 bits per heavy atom. The lowest BCUT2D eigenvalue weighted by Gasteiger charge is -2.22. The molecule has 1 aromatic rings. The van der Waals surface area contributed by atoms with Gasteiger partial charge < -0.3 is 14.8 Å². The van der Waals surface area contributed by atoms with Crippen LogP contribution in [-0.4, -0.2) is 32.7 Å². The fourth-order valence-corrected chi connectivity index (χ4v) is 1.69. The smallest absolute Gasteiger partial charge is 0.472 e. The van der Waals surface area contributed by atoms with Crippen LogP contribution >= 0.6 is 0 Å². The third-order valence-electron chi connectivity index (χ3n) is 2.50. The van der Waals surface area contributed by atoms with Crippen LogP contribution in [0.3, 0.4) is 0 Å². The number of hydrogen-bond acceptors (Lipinski definition) is 5. The van der Waals surface area contributed by atoms with Crippen LogP contribution in [0, 0.1) is 0 Å². The van der Waals surface area contributed by atoms with E-state index in [0.717, 1.165) is 12.8 Å². The fraction of sp³-hybridized carbons (Fsp3) is 0.636. The molecule has 0 aliphatic heterocycles. The lowest BCUT2D eigenvalue weighted by Crippen LogP contribution is -2.38. The van der Waals surface area contributed by atoms with Gasteiger partial charge in [0.15, 0.2) is 0 Å². The molecule has 1 aliphatic rings. The highest BCUT2D eigenvalue weighted by Gasteiger charge is 2.34. The SMILES string of the molecule is CC(C)(C)Oc1ncnc(C2CC2)c1B(O)O. The summed E-state index contributed by atoms with van der Waals surface area (Å²) in [5.41, 5.74) is 0.581. The van der Waals surface area contributed by atoms with E-state index in [9.17, 15) is 10.0 Å².